The van der Waals surface area contributed by atoms with Crippen LogP contribution in [0.1, 0.15) is 13.3 Å². The molecule has 0 aliphatic carbocycles. The number of hydrogen-bond acceptors (Lipinski definition) is 3. The molecule has 0 bridgehead atoms. The summed E-state index contributed by atoms with van der Waals surface area (Å²) >= 11 is 0. The van der Waals surface area contributed by atoms with Gasteiger partial charge in [0.15, 0.2) is 0 Å². The van der Waals surface area contributed by atoms with Crippen LogP contribution in [0.15, 0.2) is 30.3 Å². The second-order valence-corrected chi connectivity index (χ2v) is 4.91. The van der Waals surface area contributed by atoms with E-state index in [9.17, 15) is 0 Å². The van der Waals surface area contributed by atoms with Crippen LogP contribution >= 0.6 is 0 Å². The van der Waals surface area contributed by atoms with E-state index in [4.69, 9.17) is 9.47 Å². The van der Waals surface area contributed by atoms with Gasteiger partial charge in [0.25, 0.3) is 0 Å². The molecule has 3 nitrogen and oxygen atoms in total. The van der Waals surface area contributed by atoms with Gasteiger partial charge in [0.1, 0.15) is 5.75 Å². The summed E-state index contributed by atoms with van der Waals surface area (Å²) in [6, 6.07) is 10.0. The third-order valence-corrected chi connectivity index (χ3v) is 3.32. The normalized spacial score (nSPS) is 23.8. The zero-order valence-electron chi connectivity index (χ0n) is 11.1. The van der Waals surface area contributed by atoms with Gasteiger partial charge in [0, 0.05) is 25.6 Å². The highest BCUT2D eigenvalue weighted by Gasteiger charge is 2.22. The lowest BCUT2D eigenvalue weighted by Gasteiger charge is -2.29. The Labute approximate surface area is 109 Å². The van der Waals surface area contributed by atoms with Crippen molar-refractivity contribution in [2.75, 3.05) is 32.9 Å². The van der Waals surface area contributed by atoms with Crippen LogP contribution in [0, 0.1) is 11.8 Å². The summed E-state index contributed by atoms with van der Waals surface area (Å²) in [5, 5.41) is 3.47. The van der Waals surface area contributed by atoms with Crippen LogP contribution in [0.2, 0.25) is 0 Å². The van der Waals surface area contributed by atoms with Crippen molar-refractivity contribution in [2.24, 2.45) is 11.8 Å². The Morgan fingerprint density at radius 1 is 1.11 bits per heavy atom. The standard InChI is InChI=1S/C15H23NO2/c1-2-17-11-13-8-14(10-16-9-13)12-18-15-6-4-3-5-7-15/h3-7,13-14,16H,2,8-12H2,1H3/t13-,14+/m0/s1. The first-order valence-corrected chi connectivity index (χ1v) is 6.84. The molecule has 2 rings (SSSR count). The second-order valence-electron chi connectivity index (χ2n) is 4.91. The fourth-order valence-corrected chi connectivity index (χ4v) is 2.40. The molecule has 0 spiro atoms. The summed E-state index contributed by atoms with van der Waals surface area (Å²) in [5.41, 5.74) is 0. The molecule has 0 unspecified atom stereocenters. The molecule has 0 amide bonds. The molecule has 0 saturated carbocycles. The number of para-hydroxylation sites is 1. The highest BCUT2D eigenvalue weighted by Crippen LogP contribution is 2.18. The van der Waals surface area contributed by atoms with Gasteiger partial charge in [-0.1, -0.05) is 18.2 Å². The van der Waals surface area contributed by atoms with E-state index in [2.05, 4.69) is 5.32 Å². The average molecular weight is 249 g/mol. The van der Waals surface area contributed by atoms with E-state index in [1.54, 1.807) is 0 Å². The van der Waals surface area contributed by atoms with Crippen LogP contribution in [0.3, 0.4) is 0 Å². The molecule has 1 N–H and O–H groups in total. The van der Waals surface area contributed by atoms with Gasteiger partial charge in [-0.05, 0) is 31.4 Å². The maximum atomic E-state index is 5.82. The van der Waals surface area contributed by atoms with Gasteiger partial charge in [-0.25, -0.2) is 0 Å². The minimum atomic E-state index is 0.587. The molecule has 1 aromatic carbocycles. The van der Waals surface area contributed by atoms with Crippen molar-refractivity contribution in [2.45, 2.75) is 13.3 Å². The Kier molecular flexibility index (Phi) is 5.49. The average Bonchev–Trinajstić information content (AvgIpc) is 2.44. The van der Waals surface area contributed by atoms with E-state index in [1.165, 1.54) is 6.42 Å². The lowest BCUT2D eigenvalue weighted by atomic mass is 9.91. The molecule has 1 aromatic rings. The molecule has 1 fully saturated rings. The van der Waals surface area contributed by atoms with Gasteiger partial charge in [0.2, 0.25) is 0 Å². The Bertz CT molecular complexity index is 329. The number of rotatable bonds is 6. The quantitative estimate of drug-likeness (QED) is 0.839. The summed E-state index contributed by atoms with van der Waals surface area (Å²) in [6.07, 6.45) is 1.19. The summed E-state index contributed by atoms with van der Waals surface area (Å²) in [5.74, 6) is 2.18. The van der Waals surface area contributed by atoms with Crippen LogP contribution in [-0.4, -0.2) is 32.9 Å². The van der Waals surface area contributed by atoms with Crippen molar-refractivity contribution in [3.63, 3.8) is 0 Å². The van der Waals surface area contributed by atoms with Crippen LogP contribution in [0.25, 0.3) is 0 Å². The van der Waals surface area contributed by atoms with Gasteiger partial charge in [-0.2, -0.15) is 0 Å². The van der Waals surface area contributed by atoms with Crippen LogP contribution in [0.5, 0.6) is 5.75 Å². The zero-order valence-corrected chi connectivity index (χ0v) is 11.1. The molecule has 0 aromatic heterocycles. The van der Waals surface area contributed by atoms with Gasteiger partial charge in [-0.3, -0.25) is 0 Å². The van der Waals surface area contributed by atoms with Crippen LogP contribution < -0.4 is 10.1 Å². The monoisotopic (exact) mass is 249 g/mol. The Morgan fingerprint density at radius 2 is 1.83 bits per heavy atom. The van der Waals surface area contributed by atoms with Crippen molar-refractivity contribution >= 4 is 0 Å². The first-order chi connectivity index (χ1) is 8.88. The lowest BCUT2D eigenvalue weighted by molar-refractivity contribution is 0.0803. The molecule has 1 aliphatic heterocycles. The smallest absolute Gasteiger partial charge is 0.119 e. The van der Waals surface area contributed by atoms with Crippen molar-refractivity contribution in [1.82, 2.24) is 5.32 Å². The maximum Gasteiger partial charge on any atom is 0.119 e. The van der Waals surface area contributed by atoms with Crippen molar-refractivity contribution < 1.29 is 9.47 Å². The summed E-state index contributed by atoms with van der Waals surface area (Å²) < 4.78 is 11.3. The van der Waals surface area contributed by atoms with Gasteiger partial charge >= 0.3 is 0 Å². The maximum absolute atomic E-state index is 5.82. The van der Waals surface area contributed by atoms with Gasteiger partial charge in [0.05, 0.1) is 13.2 Å². The Morgan fingerprint density at radius 3 is 2.56 bits per heavy atom. The summed E-state index contributed by atoms with van der Waals surface area (Å²) in [6.45, 7) is 6.64. The van der Waals surface area contributed by atoms with Crippen molar-refractivity contribution in [3.05, 3.63) is 30.3 Å². The van der Waals surface area contributed by atoms with E-state index in [0.717, 1.165) is 38.7 Å². The predicted molar refractivity (Wildman–Crippen MR) is 72.9 cm³/mol. The highest BCUT2D eigenvalue weighted by atomic mass is 16.5. The number of benzene rings is 1. The Hall–Kier alpha value is -1.06. The molecule has 3 heteroatoms. The van der Waals surface area contributed by atoms with E-state index >= 15 is 0 Å². The van der Waals surface area contributed by atoms with Crippen molar-refractivity contribution in [3.8, 4) is 5.75 Å². The number of hydrogen-bond donors (Lipinski definition) is 1. The SMILES string of the molecule is CCOC[C@@H]1CNC[C@H](COc2ccccc2)C1. The van der Waals surface area contributed by atoms with Gasteiger partial charge < -0.3 is 14.8 Å². The molecule has 18 heavy (non-hydrogen) atoms. The predicted octanol–water partition coefficient (Wildman–Crippen LogP) is 2.33. The summed E-state index contributed by atoms with van der Waals surface area (Å²) in [7, 11) is 0. The number of ether oxygens (including phenoxy) is 2. The second kappa shape index (κ2) is 7.39. The fourth-order valence-electron chi connectivity index (χ4n) is 2.40. The topological polar surface area (TPSA) is 30.5 Å². The molecular weight excluding hydrogens is 226 g/mol. The third-order valence-electron chi connectivity index (χ3n) is 3.32. The molecule has 1 aliphatic rings. The van der Waals surface area contributed by atoms with Crippen molar-refractivity contribution in [1.29, 1.82) is 0 Å². The molecule has 0 radical (unpaired) electrons. The molecule has 1 heterocycles. The summed E-state index contributed by atoms with van der Waals surface area (Å²) in [4.78, 5) is 0. The first-order valence-electron chi connectivity index (χ1n) is 6.84. The largest absolute Gasteiger partial charge is 0.493 e. The number of nitrogens with one attached hydrogen (secondary N) is 1. The fraction of sp³-hybridized carbons (Fsp3) is 0.600. The van der Waals surface area contributed by atoms with E-state index in [0.29, 0.717) is 11.8 Å². The first kappa shape index (κ1) is 13.4. The minimum Gasteiger partial charge on any atom is -0.493 e. The van der Waals surface area contributed by atoms with Gasteiger partial charge in [-0.15, -0.1) is 0 Å². The molecule has 1 saturated heterocycles. The molecular formula is C15H23NO2. The molecule has 100 valence electrons. The molecule has 2 atom stereocenters. The van der Waals surface area contributed by atoms with Crippen LogP contribution in [0.4, 0.5) is 0 Å². The van der Waals surface area contributed by atoms with Crippen LogP contribution in [-0.2, 0) is 4.74 Å². The van der Waals surface area contributed by atoms with E-state index < -0.39 is 0 Å². The van der Waals surface area contributed by atoms with E-state index in [-0.39, 0.29) is 0 Å². The highest BCUT2D eigenvalue weighted by molar-refractivity contribution is 5.20. The third kappa shape index (κ3) is 4.31. The lowest BCUT2D eigenvalue weighted by Crippen LogP contribution is -2.40. The van der Waals surface area contributed by atoms with E-state index in [1.807, 2.05) is 37.3 Å². The zero-order chi connectivity index (χ0) is 12.6. The number of piperidine rings is 1. The minimum absolute atomic E-state index is 0.587. The Balaban J connectivity index is 1.72.